The van der Waals surface area contributed by atoms with Crippen LogP contribution in [0.1, 0.15) is 12.8 Å². The molecule has 7 nitrogen and oxygen atoms in total. The van der Waals surface area contributed by atoms with Gasteiger partial charge in [0, 0.05) is 43.5 Å². The van der Waals surface area contributed by atoms with Crippen LogP contribution >= 0.6 is 0 Å². The molecule has 1 aliphatic rings. The number of benzene rings is 1. The van der Waals surface area contributed by atoms with Crippen LogP contribution in [0.4, 0.5) is 0 Å². The number of hydrogen-bond acceptors (Lipinski definition) is 6. The van der Waals surface area contributed by atoms with Gasteiger partial charge in [0.05, 0.1) is 19.1 Å². The maximum absolute atomic E-state index is 12.7. The van der Waals surface area contributed by atoms with Gasteiger partial charge in [0.2, 0.25) is 10.0 Å². The van der Waals surface area contributed by atoms with Gasteiger partial charge in [-0.3, -0.25) is 0 Å². The average Bonchev–Trinajstić information content (AvgIpc) is 2.54. The van der Waals surface area contributed by atoms with E-state index in [0.29, 0.717) is 37.6 Å². The molecule has 0 saturated carbocycles. The van der Waals surface area contributed by atoms with E-state index in [1.54, 1.807) is 6.07 Å². The maximum atomic E-state index is 12.7. The second kappa shape index (κ2) is 6.82. The van der Waals surface area contributed by atoms with Crippen LogP contribution in [-0.4, -0.2) is 47.9 Å². The van der Waals surface area contributed by atoms with E-state index >= 15 is 0 Å². The molecule has 1 aliphatic heterocycles. The number of rotatable bonds is 6. The van der Waals surface area contributed by atoms with E-state index in [9.17, 15) is 8.42 Å². The Morgan fingerprint density at radius 1 is 1.18 bits per heavy atom. The SMILES string of the molecule is COc1cc(OC)cc(S(=O)(=O)NC2(CN)CCOCC2)c1. The van der Waals surface area contributed by atoms with E-state index in [4.69, 9.17) is 19.9 Å². The summed E-state index contributed by atoms with van der Waals surface area (Å²) in [6.07, 6.45) is 1.09. The standard InChI is InChI=1S/C14H22N2O5S/c1-19-11-7-12(20-2)9-13(8-11)22(17,18)16-14(10-15)3-5-21-6-4-14/h7-9,16H,3-6,10,15H2,1-2H3. The summed E-state index contributed by atoms with van der Waals surface area (Å²) in [5.74, 6) is 0.821. The normalized spacial score (nSPS) is 18.0. The minimum absolute atomic E-state index is 0.0861. The van der Waals surface area contributed by atoms with Crippen LogP contribution in [-0.2, 0) is 14.8 Å². The zero-order valence-corrected chi connectivity index (χ0v) is 13.6. The highest BCUT2D eigenvalue weighted by molar-refractivity contribution is 7.89. The third kappa shape index (κ3) is 3.70. The zero-order chi connectivity index (χ0) is 16.2. The number of nitrogens with one attached hydrogen (secondary N) is 1. The van der Waals surface area contributed by atoms with E-state index in [-0.39, 0.29) is 11.4 Å². The summed E-state index contributed by atoms with van der Waals surface area (Å²) in [6, 6.07) is 4.52. The molecule has 0 radical (unpaired) electrons. The highest BCUT2D eigenvalue weighted by Crippen LogP contribution is 2.28. The van der Waals surface area contributed by atoms with Gasteiger partial charge in [0.15, 0.2) is 0 Å². The second-order valence-corrected chi connectivity index (χ2v) is 6.93. The molecule has 22 heavy (non-hydrogen) atoms. The topological polar surface area (TPSA) is 99.9 Å². The highest BCUT2D eigenvalue weighted by atomic mass is 32.2. The summed E-state index contributed by atoms with van der Waals surface area (Å²) in [5, 5.41) is 0. The van der Waals surface area contributed by atoms with Crippen LogP contribution in [0.5, 0.6) is 11.5 Å². The molecule has 0 bridgehead atoms. The van der Waals surface area contributed by atoms with Gasteiger partial charge in [-0.15, -0.1) is 0 Å². The molecule has 1 fully saturated rings. The first-order valence-corrected chi connectivity index (χ1v) is 8.48. The van der Waals surface area contributed by atoms with Crippen molar-refractivity contribution in [3.63, 3.8) is 0 Å². The number of sulfonamides is 1. The molecule has 3 N–H and O–H groups in total. The number of nitrogens with two attached hydrogens (primary N) is 1. The molecule has 1 aromatic rings. The summed E-state index contributed by atoms with van der Waals surface area (Å²) in [7, 11) is -0.800. The first kappa shape index (κ1) is 17.0. The molecule has 2 rings (SSSR count). The van der Waals surface area contributed by atoms with Crippen molar-refractivity contribution >= 4 is 10.0 Å². The first-order valence-electron chi connectivity index (χ1n) is 6.99. The summed E-state index contributed by atoms with van der Waals surface area (Å²) in [5.41, 5.74) is 5.13. The molecule has 1 aromatic carbocycles. The van der Waals surface area contributed by atoms with Crippen molar-refractivity contribution < 1.29 is 22.6 Å². The lowest BCUT2D eigenvalue weighted by Gasteiger charge is -2.36. The van der Waals surface area contributed by atoms with Crippen LogP contribution < -0.4 is 19.9 Å². The summed E-state index contributed by atoms with van der Waals surface area (Å²) >= 11 is 0. The van der Waals surface area contributed by atoms with E-state index < -0.39 is 15.6 Å². The molecule has 124 valence electrons. The molecule has 8 heteroatoms. The Hall–Kier alpha value is -1.35. The lowest BCUT2D eigenvalue weighted by molar-refractivity contribution is 0.0502. The van der Waals surface area contributed by atoms with Gasteiger partial charge in [0.1, 0.15) is 11.5 Å². The molecule has 0 aromatic heterocycles. The lowest BCUT2D eigenvalue weighted by Crippen LogP contribution is -2.56. The molecule has 0 aliphatic carbocycles. The van der Waals surface area contributed by atoms with Gasteiger partial charge in [-0.05, 0) is 12.8 Å². The smallest absolute Gasteiger partial charge is 0.241 e. The Kier molecular flexibility index (Phi) is 5.28. The summed E-state index contributed by atoms with van der Waals surface area (Å²) in [6.45, 7) is 1.19. The Bertz CT molecular complexity index is 589. The van der Waals surface area contributed by atoms with Gasteiger partial charge in [-0.1, -0.05) is 0 Å². The number of methoxy groups -OCH3 is 2. The largest absolute Gasteiger partial charge is 0.497 e. The predicted octanol–water partition coefficient (Wildman–Crippen LogP) is 0.490. The van der Waals surface area contributed by atoms with E-state index in [2.05, 4.69) is 4.72 Å². The van der Waals surface area contributed by atoms with Crippen LogP contribution in [0, 0.1) is 0 Å². The van der Waals surface area contributed by atoms with Crippen LogP contribution in [0.15, 0.2) is 23.1 Å². The van der Waals surface area contributed by atoms with Gasteiger partial charge in [0.25, 0.3) is 0 Å². The van der Waals surface area contributed by atoms with Crippen LogP contribution in [0.2, 0.25) is 0 Å². The lowest BCUT2D eigenvalue weighted by atomic mass is 9.92. The van der Waals surface area contributed by atoms with Crippen molar-refractivity contribution in [2.75, 3.05) is 34.0 Å². The summed E-state index contributed by atoms with van der Waals surface area (Å²) < 4.78 is 43.6. The molecule has 1 heterocycles. The number of ether oxygens (including phenoxy) is 3. The minimum atomic E-state index is -3.74. The quantitative estimate of drug-likeness (QED) is 0.787. The van der Waals surface area contributed by atoms with E-state index in [0.717, 1.165) is 0 Å². The highest BCUT2D eigenvalue weighted by Gasteiger charge is 2.36. The average molecular weight is 330 g/mol. The molecule has 0 amide bonds. The van der Waals surface area contributed by atoms with Crippen molar-refractivity contribution in [1.29, 1.82) is 0 Å². The van der Waals surface area contributed by atoms with Gasteiger partial charge in [-0.25, -0.2) is 13.1 Å². The Morgan fingerprint density at radius 2 is 1.73 bits per heavy atom. The Morgan fingerprint density at radius 3 is 2.18 bits per heavy atom. The molecular formula is C14H22N2O5S. The molecule has 0 spiro atoms. The third-order valence-electron chi connectivity index (χ3n) is 3.83. The second-order valence-electron chi connectivity index (χ2n) is 5.25. The van der Waals surface area contributed by atoms with Crippen LogP contribution in [0.3, 0.4) is 0 Å². The maximum Gasteiger partial charge on any atom is 0.241 e. The van der Waals surface area contributed by atoms with E-state index in [1.165, 1.54) is 26.4 Å². The van der Waals surface area contributed by atoms with E-state index in [1.807, 2.05) is 0 Å². The van der Waals surface area contributed by atoms with Crippen molar-refractivity contribution in [1.82, 2.24) is 4.72 Å². The third-order valence-corrected chi connectivity index (χ3v) is 5.38. The van der Waals surface area contributed by atoms with Gasteiger partial charge in [-0.2, -0.15) is 0 Å². The van der Waals surface area contributed by atoms with Gasteiger partial charge >= 0.3 is 0 Å². The van der Waals surface area contributed by atoms with Crippen molar-refractivity contribution in [3.8, 4) is 11.5 Å². The zero-order valence-electron chi connectivity index (χ0n) is 12.8. The van der Waals surface area contributed by atoms with Crippen molar-refractivity contribution in [3.05, 3.63) is 18.2 Å². The Balaban J connectivity index is 2.33. The Labute approximate surface area is 130 Å². The fourth-order valence-electron chi connectivity index (χ4n) is 2.39. The fraction of sp³-hybridized carbons (Fsp3) is 0.571. The molecule has 0 atom stereocenters. The predicted molar refractivity (Wildman–Crippen MR) is 81.7 cm³/mol. The minimum Gasteiger partial charge on any atom is -0.497 e. The van der Waals surface area contributed by atoms with Crippen molar-refractivity contribution in [2.24, 2.45) is 5.73 Å². The summed E-state index contributed by atoms with van der Waals surface area (Å²) in [4.78, 5) is 0.0861. The van der Waals surface area contributed by atoms with Crippen molar-refractivity contribution in [2.45, 2.75) is 23.3 Å². The van der Waals surface area contributed by atoms with Gasteiger partial charge < -0.3 is 19.9 Å². The number of hydrogen-bond donors (Lipinski definition) is 2. The monoisotopic (exact) mass is 330 g/mol. The van der Waals surface area contributed by atoms with Crippen LogP contribution in [0.25, 0.3) is 0 Å². The first-order chi connectivity index (χ1) is 10.4. The molecule has 0 unspecified atom stereocenters. The molecule has 1 saturated heterocycles. The molecular weight excluding hydrogens is 308 g/mol. The fourth-order valence-corrected chi connectivity index (χ4v) is 3.91.